The molecule has 2 aromatic carbocycles. The molecule has 140 valence electrons. The summed E-state index contributed by atoms with van der Waals surface area (Å²) in [5.74, 6) is 0.815. The molecule has 0 N–H and O–H groups in total. The van der Waals surface area contributed by atoms with Crippen molar-refractivity contribution in [3.8, 4) is 5.75 Å². The topological polar surface area (TPSA) is 63.7 Å². The Bertz CT molecular complexity index is 860. The zero-order valence-electron chi connectivity index (χ0n) is 15.6. The number of ether oxygens (including phenoxy) is 1. The molecule has 0 aromatic heterocycles. The van der Waals surface area contributed by atoms with Crippen molar-refractivity contribution in [1.82, 2.24) is 4.90 Å². The summed E-state index contributed by atoms with van der Waals surface area (Å²) in [6.07, 6.45) is 2.22. The molecule has 26 heavy (non-hydrogen) atoms. The van der Waals surface area contributed by atoms with Gasteiger partial charge < -0.3 is 9.64 Å². The van der Waals surface area contributed by atoms with Crippen LogP contribution in [-0.4, -0.2) is 39.6 Å². The summed E-state index contributed by atoms with van der Waals surface area (Å²) in [5.41, 5.74) is 1.95. The lowest BCUT2D eigenvalue weighted by atomic mass is 10.1. The molecule has 0 aliphatic carbocycles. The molecule has 0 aliphatic heterocycles. The Balaban J connectivity index is 2.00. The smallest absolute Gasteiger partial charge is 0.223 e. The van der Waals surface area contributed by atoms with E-state index in [4.69, 9.17) is 4.74 Å². The molecule has 1 amide bonds. The second kappa shape index (κ2) is 8.36. The lowest BCUT2D eigenvalue weighted by Crippen LogP contribution is -2.29. The number of methoxy groups -OCH3 is 1. The largest absolute Gasteiger partial charge is 0.497 e. The van der Waals surface area contributed by atoms with E-state index < -0.39 is 9.84 Å². The summed E-state index contributed by atoms with van der Waals surface area (Å²) in [5, 5.41) is 0. The van der Waals surface area contributed by atoms with Crippen molar-refractivity contribution in [2.24, 2.45) is 0 Å². The number of carbonyl (C=O) groups is 1. The monoisotopic (exact) mass is 375 g/mol. The van der Waals surface area contributed by atoms with Crippen LogP contribution in [0.4, 0.5) is 0 Å². The highest BCUT2D eigenvalue weighted by Gasteiger charge is 2.18. The number of benzene rings is 2. The predicted octanol–water partition coefficient (Wildman–Crippen LogP) is 3.25. The van der Waals surface area contributed by atoms with Crippen LogP contribution in [0.2, 0.25) is 0 Å². The van der Waals surface area contributed by atoms with E-state index >= 15 is 0 Å². The van der Waals surface area contributed by atoms with Crippen molar-refractivity contribution >= 4 is 15.7 Å². The Kier molecular flexibility index (Phi) is 6.42. The van der Waals surface area contributed by atoms with Crippen molar-refractivity contribution < 1.29 is 17.9 Å². The zero-order valence-corrected chi connectivity index (χ0v) is 16.4. The molecule has 0 radical (unpaired) electrons. The van der Waals surface area contributed by atoms with E-state index in [1.54, 1.807) is 43.3 Å². The van der Waals surface area contributed by atoms with Crippen LogP contribution >= 0.6 is 0 Å². The minimum atomic E-state index is -3.22. The van der Waals surface area contributed by atoms with Crippen molar-refractivity contribution in [2.75, 3.05) is 20.4 Å². The summed E-state index contributed by atoms with van der Waals surface area (Å²) in [4.78, 5) is 14.5. The fraction of sp³-hybridized carbons (Fsp3) is 0.350. The second-order valence-corrected chi connectivity index (χ2v) is 8.39. The van der Waals surface area contributed by atoms with Gasteiger partial charge >= 0.3 is 0 Å². The van der Waals surface area contributed by atoms with Crippen molar-refractivity contribution in [1.29, 1.82) is 0 Å². The molecule has 2 rings (SSSR count). The predicted molar refractivity (Wildman–Crippen MR) is 102 cm³/mol. The molecule has 5 nitrogen and oxygen atoms in total. The number of carbonyl (C=O) groups excluding carboxylic acids is 1. The molecule has 2 aromatic rings. The first kappa shape index (κ1) is 20.0. The third-order valence-electron chi connectivity index (χ3n) is 4.53. The maximum absolute atomic E-state index is 12.5. The van der Waals surface area contributed by atoms with E-state index in [0.717, 1.165) is 16.9 Å². The summed E-state index contributed by atoms with van der Waals surface area (Å²) in [7, 11) is 0.169. The highest BCUT2D eigenvalue weighted by Crippen LogP contribution is 2.22. The maximum Gasteiger partial charge on any atom is 0.223 e. The third-order valence-corrected chi connectivity index (χ3v) is 5.66. The molecule has 0 bridgehead atoms. The Morgan fingerprint density at radius 1 is 1.15 bits per heavy atom. The fourth-order valence-corrected chi connectivity index (χ4v) is 3.32. The number of hydrogen-bond donors (Lipinski definition) is 0. The normalized spacial score (nSPS) is 12.5. The van der Waals surface area contributed by atoms with E-state index in [0.29, 0.717) is 12.8 Å². The van der Waals surface area contributed by atoms with E-state index in [2.05, 4.69) is 0 Å². The summed E-state index contributed by atoms with van der Waals surface area (Å²) >= 11 is 0. The van der Waals surface area contributed by atoms with Crippen molar-refractivity contribution in [3.63, 3.8) is 0 Å². The molecule has 0 saturated heterocycles. The lowest BCUT2D eigenvalue weighted by molar-refractivity contribution is -0.131. The quantitative estimate of drug-likeness (QED) is 0.745. The fourth-order valence-electron chi connectivity index (χ4n) is 2.69. The molecule has 0 fully saturated rings. The number of nitrogens with zero attached hydrogens (tertiary/aromatic N) is 1. The molecule has 1 atom stereocenters. The first-order chi connectivity index (χ1) is 12.2. The third kappa shape index (κ3) is 5.08. The van der Waals surface area contributed by atoms with Crippen LogP contribution in [0.3, 0.4) is 0 Å². The molecule has 0 spiro atoms. The van der Waals surface area contributed by atoms with Crippen LogP contribution in [0.25, 0.3) is 0 Å². The van der Waals surface area contributed by atoms with Gasteiger partial charge in [-0.3, -0.25) is 4.79 Å². The van der Waals surface area contributed by atoms with Crippen LogP contribution in [0, 0.1) is 0 Å². The van der Waals surface area contributed by atoms with Gasteiger partial charge in [-0.25, -0.2) is 8.42 Å². The second-order valence-electron chi connectivity index (χ2n) is 6.37. The van der Waals surface area contributed by atoms with Crippen molar-refractivity contribution in [2.45, 2.75) is 30.7 Å². The van der Waals surface area contributed by atoms with E-state index in [1.165, 1.54) is 6.26 Å². The Labute approximate surface area is 155 Å². The average molecular weight is 375 g/mol. The van der Waals surface area contributed by atoms with Gasteiger partial charge in [0.2, 0.25) is 5.91 Å². The summed E-state index contributed by atoms with van der Waals surface area (Å²) in [6, 6.07) is 14.2. The summed E-state index contributed by atoms with van der Waals surface area (Å²) < 4.78 is 28.3. The standard InChI is InChI=1S/C20H25NO4S/c1-15(17-9-11-19(12-10-17)26(4,23)24)21(2)20(22)13-8-16-6-5-7-18(14-16)25-3/h5-7,9-12,14-15H,8,13H2,1-4H3. The number of rotatable bonds is 7. The highest BCUT2D eigenvalue weighted by molar-refractivity contribution is 7.90. The Hall–Kier alpha value is -2.34. The highest BCUT2D eigenvalue weighted by atomic mass is 32.2. The Morgan fingerprint density at radius 3 is 2.38 bits per heavy atom. The first-order valence-corrected chi connectivity index (χ1v) is 10.3. The van der Waals surface area contributed by atoms with Gasteiger partial charge in [0.1, 0.15) is 5.75 Å². The van der Waals surface area contributed by atoms with Gasteiger partial charge in [0.15, 0.2) is 9.84 Å². The zero-order chi connectivity index (χ0) is 19.3. The van der Waals surface area contributed by atoms with Crippen LogP contribution in [0.15, 0.2) is 53.4 Å². The average Bonchev–Trinajstić information content (AvgIpc) is 2.64. The van der Waals surface area contributed by atoms with Gasteiger partial charge in [0, 0.05) is 19.7 Å². The molecule has 6 heteroatoms. The number of aryl methyl sites for hydroxylation is 1. The molecule has 0 heterocycles. The first-order valence-electron chi connectivity index (χ1n) is 8.41. The Morgan fingerprint density at radius 2 is 1.81 bits per heavy atom. The number of hydrogen-bond acceptors (Lipinski definition) is 4. The molecule has 0 saturated carbocycles. The number of amides is 1. The van der Waals surface area contributed by atoms with Crippen LogP contribution in [0.5, 0.6) is 5.75 Å². The minimum Gasteiger partial charge on any atom is -0.497 e. The van der Waals surface area contributed by atoms with Crippen LogP contribution < -0.4 is 4.74 Å². The van der Waals surface area contributed by atoms with Crippen LogP contribution in [-0.2, 0) is 21.1 Å². The SMILES string of the molecule is COc1cccc(CCC(=O)N(C)C(C)c2ccc(S(C)(=O)=O)cc2)c1. The number of sulfone groups is 1. The van der Waals surface area contributed by atoms with Crippen LogP contribution in [0.1, 0.15) is 30.5 Å². The van der Waals surface area contributed by atoms with Gasteiger partial charge in [0.05, 0.1) is 18.0 Å². The molecular formula is C20H25NO4S. The van der Waals surface area contributed by atoms with Gasteiger partial charge in [-0.05, 0) is 48.7 Å². The molecule has 1 unspecified atom stereocenters. The van der Waals surface area contributed by atoms with E-state index in [9.17, 15) is 13.2 Å². The van der Waals surface area contributed by atoms with Crippen molar-refractivity contribution in [3.05, 3.63) is 59.7 Å². The van der Waals surface area contributed by atoms with E-state index in [1.807, 2.05) is 31.2 Å². The lowest BCUT2D eigenvalue weighted by Gasteiger charge is -2.25. The molecule has 0 aliphatic rings. The summed E-state index contributed by atoms with van der Waals surface area (Å²) in [6.45, 7) is 1.93. The van der Waals surface area contributed by atoms with Gasteiger partial charge in [-0.15, -0.1) is 0 Å². The maximum atomic E-state index is 12.5. The minimum absolute atomic E-state index is 0.0347. The van der Waals surface area contributed by atoms with Gasteiger partial charge in [-0.1, -0.05) is 24.3 Å². The molecular weight excluding hydrogens is 350 g/mol. The van der Waals surface area contributed by atoms with E-state index in [-0.39, 0.29) is 16.8 Å². The van der Waals surface area contributed by atoms with Gasteiger partial charge in [0.25, 0.3) is 0 Å². The van der Waals surface area contributed by atoms with Gasteiger partial charge in [-0.2, -0.15) is 0 Å².